The van der Waals surface area contributed by atoms with Gasteiger partial charge in [0.2, 0.25) is 5.91 Å². The number of fused-ring (bicyclic) bond motifs is 1. The molecule has 0 radical (unpaired) electrons. The molecule has 1 aliphatic heterocycles. The minimum Gasteiger partial charge on any atom is -0.448 e. The minimum absolute atomic E-state index is 0.123. The van der Waals surface area contributed by atoms with Crippen LogP contribution in [-0.4, -0.2) is 42.4 Å². The Hall–Kier alpha value is -3.15. The number of cyclic esters (lactones) is 1. The summed E-state index contributed by atoms with van der Waals surface area (Å²) in [7, 11) is 1.52. The molecule has 0 spiro atoms. The molecular formula is C20H20N2O4. The molecule has 1 unspecified atom stereocenters. The van der Waals surface area contributed by atoms with E-state index in [1.54, 1.807) is 30.3 Å². The summed E-state index contributed by atoms with van der Waals surface area (Å²) in [4.78, 5) is 38.0. The molecule has 2 aromatic carbocycles. The van der Waals surface area contributed by atoms with Crippen molar-refractivity contribution in [1.82, 2.24) is 4.90 Å². The number of amides is 2. The monoisotopic (exact) mass is 352 g/mol. The van der Waals surface area contributed by atoms with E-state index in [1.165, 1.54) is 11.9 Å². The van der Waals surface area contributed by atoms with Gasteiger partial charge in [0.25, 0.3) is 5.91 Å². The number of aryl methyl sites for hydroxylation is 1. The summed E-state index contributed by atoms with van der Waals surface area (Å²) in [5, 5.41) is 2.74. The molecule has 1 aliphatic rings. The van der Waals surface area contributed by atoms with Crippen LogP contribution in [-0.2, 0) is 20.7 Å². The highest BCUT2D eigenvalue weighted by Gasteiger charge is 2.33. The van der Waals surface area contributed by atoms with E-state index < -0.39 is 18.0 Å². The van der Waals surface area contributed by atoms with Gasteiger partial charge in [-0.25, -0.2) is 4.79 Å². The van der Waals surface area contributed by atoms with Crippen molar-refractivity contribution in [3.05, 3.63) is 65.2 Å². The van der Waals surface area contributed by atoms with Crippen LogP contribution in [0.3, 0.4) is 0 Å². The molecule has 0 saturated heterocycles. The van der Waals surface area contributed by atoms with E-state index in [0.717, 1.165) is 11.1 Å². The summed E-state index contributed by atoms with van der Waals surface area (Å²) in [5.41, 5.74) is 3.02. The maximum absolute atomic E-state index is 12.6. The largest absolute Gasteiger partial charge is 0.448 e. The zero-order valence-electron chi connectivity index (χ0n) is 14.7. The zero-order chi connectivity index (χ0) is 18.7. The summed E-state index contributed by atoms with van der Waals surface area (Å²) in [6, 6.07) is 14.4. The predicted octanol–water partition coefficient (Wildman–Crippen LogP) is 2.17. The lowest BCUT2D eigenvalue weighted by atomic mass is 9.98. The number of carbonyl (C=O) groups is 3. The number of hydrogen-bond acceptors (Lipinski definition) is 4. The molecule has 6 nitrogen and oxygen atoms in total. The number of likely N-dealkylation sites (N-methyl/N-ethyl adjacent to an activating group) is 1. The molecule has 134 valence electrons. The van der Waals surface area contributed by atoms with E-state index in [-0.39, 0.29) is 12.5 Å². The van der Waals surface area contributed by atoms with Crippen LogP contribution >= 0.6 is 0 Å². The van der Waals surface area contributed by atoms with E-state index in [1.807, 2.05) is 25.1 Å². The Morgan fingerprint density at radius 1 is 1.15 bits per heavy atom. The topological polar surface area (TPSA) is 75.7 Å². The fourth-order valence-corrected chi connectivity index (χ4v) is 2.85. The number of nitrogens with zero attached hydrogens (tertiary/aromatic N) is 1. The molecular weight excluding hydrogens is 332 g/mol. The molecule has 2 amide bonds. The van der Waals surface area contributed by atoms with Crippen molar-refractivity contribution >= 4 is 23.5 Å². The standard InChI is InChI=1S/C20H20N2O4/c1-13-7-9-15(10-8-13)21-18(23)12-22(2)19(24)17-11-14-5-3-4-6-16(14)20(25)26-17/h3-10,17H,11-12H2,1-2H3,(H,21,23). The Kier molecular flexibility index (Phi) is 5.02. The number of nitrogens with one attached hydrogen (secondary N) is 1. The molecule has 0 fully saturated rings. The smallest absolute Gasteiger partial charge is 0.339 e. The van der Waals surface area contributed by atoms with E-state index in [0.29, 0.717) is 17.7 Å². The van der Waals surface area contributed by atoms with Crippen molar-refractivity contribution in [3.8, 4) is 0 Å². The Morgan fingerprint density at radius 3 is 2.58 bits per heavy atom. The summed E-state index contributed by atoms with van der Waals surface area (Å²) < 4.78 is 5.25. The number of ether oxygens (including phenoxy) is 1. The van der Waals surface area contributed by atoms with Crippen molar-refractivity contribution in [1.29, 1.82) is 0 Å². The van der Waals surface area contributed by atoms with Crippen LogP contribution in [0.15, 0.2) is 48.5 Å². The summed E-state index contributed by atoms with van der Waals surface area (Å²) >= 11 is 0. The van der Waals surface area contributed by atoms with E-state index in [9.17, 15) is 14.4 Å². The SMILES string of the molecule is Cc1ccc(NC(=O)CN(C)C(=O)C2Cc3ccccc3C(=O)O2)cc1. The Morgan fingerprint density at radius 2 is 1.85 bits per heavy atom. The van der Waals surface area contributed by atoms with Crippen molar-refractivity contribution in [2.45, 2.75) is 19.4 Å². The van der Waals surface area contributed by atoms with Crippen LogP contribution in [0.4, 0.5) is 5.69 Å². The number of benzene rings is 2. The van der Waals surface area contributed by atoms with Gasteiger partial charge in [-0.1, -0.05) is 35.9 Å². The van der Waals surface area contributed by atoms with Crippen molar-refractivity contribution in [2.75, 3.05) is 18.9 Å². The Bertz CT molecular complexity index is 845. The lowest BCUT2D eigenvalue weighted by Gasteiger charge is -2.27. The van der Waals surface area contributed by atoms with Crippen molar-refractivity contribution in [2.24, 2.45) is 0 Å². The number of anilines is 1. The van der Waals surface area contributed by atoms with Crippen LogP contribution in [0.2, 0.25) is 0 Å². The second kappa shape index (κ2) is 7.39. The predicted molar refractivity (Wildman–Crippen MR) is 96.8 cm³/mol. The molecule has 0 aliphatic carbocycles. The van der Waals surface area contributed by atoms with Crippen LogP contribution in [0.1, 0.15) is 21.5 Å². The third-order valence-corrected chi connectivity index (χ3v) is 4.26. The van der Waals surface area contributed by atoms with Gasteiger partial charge in [0.15, 0.2) is 6.10 Å². The van der Waals surface area contributed by atoms with E-state index in [4.69, 9.17) is 4.74 Å². The molecule has 0 saturated carbocycles. The maximum Gasteiger partial charge on any atom is 0.339 e. The van der Waals surface area contributed by atoms with E-state index >= 15 is 0 Å². The molecule has 6 heteroatoms. The first-order valence-electron chi connectivity index (χ1n) is 8.34. The second-order valence-corrected chi connectivity index (χ2v) is 6.36. The fraction of sp³-hybridized carbons (Fsp3) is 0.250. The van der Waals surface area contributed by atoms with Gasteiger partial charge >= 0.3 is 5.97 Å². The Labute approximate surface area is 151 Å². The van der Waals surface area contributed by atoms with Gasteiger partial charge in [0.1, 0.15) is 0 Å². The van der Waals surface area contributed by atoms with Crippen LogP contribution in [0.5, 0.6) is 0 Å². The van der Waals surface area contributed by atoms with Gasteiger partial charge in [0.05, 0.1) is 12.1 Å². The number of esters is 1. The molecule has 0 bridgehead atoms. The number of hydrogen-bond donors (Lipinski definition) is 1. The lowest BCUT2D eigenvalue weighted by molar-refractivity contribution is -0.141. The highest BCUT2D eigenvalue weighted by molar-refractivity contribution is 5.98. The normalized spacial score (nSPS) is 15.6. The van der Waals surface area contributed by atoms with Crippen LogP contribution < -0.4 is 5.32 Å². The third kappa shape index (κ3) is 3.91. The average molecular weight is 352 g/mol. The van der Waals surface area contributed by atoms with Crippen LogP contribution in [0.25, 0.3) is 0 Å². The molecule has 1 N–H and O–H groups in total. The summed E-state index contributed by atoms with van der Waals surface area (Å²) in [6.45, 7) is 1.84. The summed E-state index contributed by atoms with van der Waals surface area (Å²) in [6.07, 6.45) is -0.598. The molecule has 0 aromatic heterocycles. The van der Waals surface area contributed by atoms with Gasteiger partial charge in [-0.05, 0) is 30.7 Å². The lowest BCUT2D eigenvalue weighted by Crippen LogP contribution is -2.45. The molecule has 1 atom stereocenters. The quantitative estimate of drug-likeness (QED) is 0.856. The van der Waals surface area contributed by atoms with Crippen molar-refractivity contribution < 1.29 is 19.1 Å². The highest BCUT2D eigenvalue weighted by atomic mass is 16.5. The van der Waals surface area contributed by atoms with Gasteiger partial charge in [0, 0.05) is 19.2 Å². The zero-order valence-corrected chi connectivity index (χ0v) is 14.7. The van der Waals surface area contributed by atoms with Crippen molar-refractivity contribution in [3.63, 3.8) is 0 Å². The first-order valence-corrected chi connectivity index (χ1v) is 8.34. The minimum atomic E-state index is -0.908. The van der Waals surface area contributed by atoms with Gasteiger partial charge in [-0.2, -0.15) is 0 Å². The first kappa shape index (κ1) is 17.7. The van der Waals surface area contributed by atoms with Gasteiger partial charge < -0.3 is 15.0 Å². The second-order valence-electron chi connectivity index (χ2n) is 6.36. The molecule has 2 aromatic rings. The van der Waals surface area contributed by atoms with Crippen LogP contribution in [0, 0.1) is 6.92 Å². The molecule has 1 heterocycles. The molecule has 3 rings (SSSR count). The van der Waals surface area contributed by atoms with Gasteiger partial charge in [-0.3, -0.25) is 9.59 Å². The highest BCUT2D eigenvalue weighted by Crippen LogP contribution is 2.21. The fourth-order valence-electron chi connectivity index (χ4n) is 2.85. The number of rotatable bonds is 4. The number of carbonyl (C=O) groups excluding carboxylic acids is 3. The van der Waals surface area contributed by atoms with E-state index in [2.05, 4.69) is 5.32 Å². The maximum atomic E-state index is 12.6. The Balaban J connectivity index is 1.60. The first-order chi connectivity index (χ1) is 12.4. The van der Waals surface area contributed by atoms with Gasteiger partial charge in [-0.15, -0.1) is 0 Å². The summed E-state index contributed by atoms with van der Waals surface area (Å²) in [5.74, 6) is -1.22. The average Bonchev–Trinajstić information content (AvgIpc) is 2.63. The third-order valence-electron chi connectivity index (χ3n) is 4.26. The molecule has 26 heavy (non-hydrogen) atoms.